The lowest BCUT2D eigenvalue weighted by molar-refractivity contribution is 0.0917. The molecule has 0 bridgehead atoms. The summed E-state index contributed by atoms with van der Waals surface area (Å²) in [6.45, 7) is 4.46. The van der Waals surface area contributed by atoms with Crippen molar-refractivity contribution in [1.29, 1.82) is 0 Å². The van der Waals surface area contributed by atoms with Crippen molar-refractivity contribution in [3.05, 3.63) is 47.8 Å². The Hall–Kier alpha value is -1.82. The number of hydrogen-bond acceptors (Lipinski definition) is 2. The van der Waals surface area contributed by atoms with Gasteiger partial charge in [0.15, 0.2) is 17.5 Å². The van der Waals surface area contributed by atoms with Crippen molar-refractivity contribution < 1.29 is 22.7 Å². The summed E-state index contributed by atoms with van der Waals surface area (Å²) in [5, 5.41) is 2.40. The number of ether oxygens (including phenoxy) is 1. The maximum atomic E-state index is 12.9. The fourth-order valence-corrected chi connectivity index (χ4v) is 1.29. The van der Waals surface area contributed by atoms with Crippen LogP contribution in [0.1, 0.15) is 16.8 Å². The molecule has 19 heavy (non-hydrogen) atoms. The zero-order valence-electron chi connectivity index (χ0n) is 10.2. The summed E-state index contributed by atoms with van der Waals surface area (Å²) in [7, 11) is 0. The fraction of sp³-hybridized carbons (Fsp3) is 0.308. The molecule has 0 aliphatic rings. The topological polar surface area (TPSA) is 38.3 Å². The van der Waals surface area contributed by atoms with Crippen molar-refractivity contribution >= 4 is 5.91 Å². The van der Waals surface area contributed by atoms with Gasteiger partial charge < -0.3 is 10.1 Å². The second kappa shape index (κ2) is 7.58. The Bertz CT molecular complexity index is 440. The first-order valence-electron chi connectivity index (χ1n) is 5.67. The predicted octanol–water partition coefficient (Wildman–Crippen LogP) is 2.43. The molecule has 0 atom stereocenters. The largest absolute Gasteiger partial charge is 0.379 e. The third kappa shape index (κ3) is 4.75. The molecule has 0 fully saturated rings. The Morgan fingerprint density at radius 2 is 1.89 bits per heavy atom. The second-order valence-corrected chi connectivity index (χ2v) is 3.70. The van der Waals surface area contributed by atoms with E-state index in [1.54, 1.807) is 6.08 Å². The minimum atomic E-state index is -1.59. The van der Waals surface area contributed by atoms with E-state index >= 15 is 0 Å². The Morgan fingerprint density at radius 3 is 2.47 bits per heavy atom. The first-order chi connectivity index (χ1) is 9.06. The molecule has 1 N–H and O–H groups in total. The van der Waals surface area contributed by atoms with E-state index in [4.69, 9.17) is 4.74 Å². The normalized spacial score (nSPS) is 10.3. The summed E-state index contributed by atoms with van der Waals surface area (Å²) < 4.78 is 43.6. The summed E-state index contributed by atoms with van der Waals surface area (Å²) in [4.78, 5) is 11.5. The summed E-state index contributed by atoms with van der Waals surface area (Å²) in [5.74, 6) is -5.07. The van der Waals surface area contributed by atoms with E-state index in [0.29, 0.717) is 25.2 Å². The van der Waals surface area contributed by atoms with Crippen molar-refractivity contribution in [1.82, 2.24) is 5.32 Å². The molecule has 0 heterocycles. The Balaban J connectivity index is 2.43. The van der Waals surface area contributed by atoms with Crippen LogP contribution < -0.4 is 5.32 Å². The van der Waals surface area contributed by atoms with E-state index in [-0.39, 0.29) is 18.7 Å². The van der Waals surface area contributed by atoms with Gasteiger partial charge in [0.25, 0.3) is 5.91 Å². The van der Waals surface area contributed by atoms with Gasteiger partial charge in [-0.05, 0) is 18.6 Å². The van der Waals surface area contributed by atoms with Crippen LogP contribution in [0, 0.1) is 17.5 Å². The van der Waals surface area contributed by atoms with Crippen LogP contribution in [0.15, 0.2) is 24.8 Å². The number of nitrogens with one attached hydrogen (secondary N) is 1. The number of rotatable bonds is 7. The lowest BCUT2D eigenvalue weighted by atomic mass is 10.2. The third-order valence-electron chi connectivity index (χ3n) is 2.24. The van der Waals surface area contributed by atoms with Gasteiger partial charge in [-0.1, -0.05) is 6.08 Å². The van der Waals surface area contributed by atoms with Crippen LogP contribution >= 0.6 is 0 Å². The van der Waals surface area contributed by atoms with Crippen LogP contribution in [0.2, 0.25) is 0 Å². The molecule has 0 radical (unpaired) electrons. The van der Waals surface area contributed by atoms with E-state index in [1.165, 1.54) is 0 Å². The van der Waals surface area contributed by atoms with Gasteiger partial charge in [0.2, 0.25) is 0 Å². The maximum Gasteiger partial charge on any atom is 0.251 e. The number of amides is 1. The third-order valence-corrected chi connectivity index (χ3v) is 2.24. The van der Waals surface area contributed by atoms with Gasteiger partial charge in [0, 0.05) is 12.1 Å². The van der Waals surface area contributed by atoms with Crippen LogP contribution in [-0.2, 0) is 4.74 Å². The Morgan fingerprint density at radius 1 is 1.26 bits per heavy atom. The molecule has 1 aromatic carbocycles. The van der Waals surface area contributed by atoms with Crippen LogP contribution in [-0.4, -0.2) is 25.7 Å². The lowest BCUT2D eigenvalue weighted by Crippen LogP contribution is -2.27. The van der Waals surface area contributed by atoms with Crippen LogP contribution in [0.4, 0.5) is 13.2 Å². The van der Waals surface area contributed by atoms with Gasteiger partial charge in [-0.3, -0.25) is 4.79 Å². The number of halogens is 3. The van der Waals surface area contributed by atoms with Gasteiger partial charge in [0.1, 0.15) is 0 Å². The van der Waals surface area contributed by atoms with E-state index in [2.05, 4.69) is 11.9 Å². The van der Waals surface area contributed by atoms with Crippen molar-refractivity contribution in [2.75, 3.05) is 19.8 Å². The molecule has 0 saturated carbocycles. The minimum Gasteiger partial charge on any atom is -0.379 e. The molecule has 0 saturated heterocycles. The van der Waals surface area contributed by atoms with Crippen LogP contribution in [0.3, 0.4) is 0 Å². The van der Waals surface area contributed by atoms with Crippen molar-refractivity contribution in [3.63, 3.8) is 0 Å². The van der Waals surface area contributed by atoms with Crippen molar-refractivity contribution in [3.8, 4) is 0 Å². The standard InChI is InChI=1S/C13H14F3NO2/c1-2-3-5-19-6-4-17-13(18)9-7-10(14)12(16)11(15)8-9/h2,7-8H,1,3-6H2,(H,17,18). The number of carbonyl (C=O) groups excluding carboxylic acids is 1. The molecule has 0 aliphatic carbocycles. The average Bonchev–Trinajstić information content (AvgIpc) is 2.39. The SMILES string of the molecule is C=CCCOCCNC(=O)c1cc(F)c(F)c(F)c1. The smallest absolute Gasteiger partial charge is 0.251 e. The molecular weight excluding hydrogens is 259 g/mol. The Labute approximate surface area is 109 Å². The predicted molar refractivity (Wildman–Crippen MR) is 64.3 cm³/mol. The number of carbonyl (C=O) groups is 1. The first kappa shape index (κ1) is 15.2. The number of hydrogen-bond donors (Lipinski definition) is 1. The molecule has 0 aromatic heterocycles. The monoisotopic (exact) mass is 273 g/mol. The van der Waals surface area contributed by atoms with E-state index in [9.17, 15) is 18.0 Å². The van der Waals surface area contributed by atoms with Crippen LogP contribution in [0.5, 0.6) is 0 Å². The van der Waals surface area contributed by atoms with Crippen molar-refractivity contribution in [2.45, 2.75) is 6.42 Å². The zero-order valence-corrected chi connectivity index (χ0v) is 10.2. The minimum absolute atomic E-state index is 0.191. The molecule has 1 aromatic rings. The quantitative estimate of drug-likeness (QED) is 0.471. The molecule has 6 heteroatoms. The highest BCUT2D eigenvalue weighted by atomic mass is 19.2. The fourth-order valence-electron chi connectivity index (χ4n) is 1.29. The number of benzene rings is 1. The van der Waals surface area contributed by atoms with E-state index in [1.807, 2.05) is 0 Å². The second-order valence-electron chi connectivity index (χ2n) is 3.70. The Kier molecular flexibility index (Phi) is 6.08. The van der Waals surface area contributed by atoms with Gasteiger partial charge >= 0.3 is 0 Å². The summed E-state index contributed by atoms with van der Waals surface area (Å²) in [6, 6.07) is 1.29. The lowest BCUT2D eigenvalue weighted by Gasteiger charge is -2.06. The van der Waals surface area contributed by atoms with Gasteiger partial charge in [0.05, 0.1) is 13.2 Å². The average molecular weight is 273 g/mol. The van der Waals surface area contributed by atoms with Crippen LogP contribution in [0.25, 0.3) is 0 Å². The van der Waals surface area contributed by atoms with E-state index < -0.39 is 23.4 Å². The maximum absolute atomic E-state index is 12.9. The molecule has 1 rings (SSSR count). The van der Waals surface area contributed by atoms with Crippen molar-refractivity contribution in [2.24, 2.45) is 0 Å². The molecule has 1 amide bonds. The molecule has 3 nitrogen and oxygen atoms in total. The first-order valence-corrected chi connectivity index (χ1v) is 5.67. The molecule has 104 valence electrons. The highest BCUT2D eigenvalue weighted by Crippen LogP contribution is 2.13. The van der Waals surface area contributed by atoms with Gasteiger partial charge in [-0.15, -0.1) is 6.58 Å². The van der Waals surface area contributed by atoms with E-state index in [0.717, 1.165) is 0 Å². The highest BCUT2D eigenvalue weighted by molar-refractivity contribution is 5.94. The van der Waals surface area contributed by atoms with Gasteiger partial charge in [-0.2, -0.15) is 0 Å². The van der Waals surface area contributed by atoms with Gasteiger partial charge in [-0.25, -0.2) is 13.2 Å². The summed E-state index contributed by atoms with van der Waals surface area (Å²) in [5.41, 5.74) is -0.275. The molecule has 0 aliphatic heterocycles. The molecule has 0 spiro atoms. The molecule has 0 unspecified atom stereocenters. The summed E-state index contributed by atoms with van der Waals surface area (Å²) >= 11 is 0. The summed E-state index contributed by atoms with van der Waals surface area (Å²) in [6.07, 6.45) is 2.39. The zero-order chi connectivity index (χ0) is 14.3. The molecular formula is C13H14F3NO2. The highest BCUT2D eigenvalue weighted by Gasteiger charge is 2.14.